The lowest BCUT2D eigenvalue weighted by Crippen LogP contribution is -2.02. The fourth-order valence-electron chi connectivity index (χ4n) is 1.80. The highest BCUT2D eigenvalue weighted by Crippen LogP contribution is 2.24. The Kier molecular flexibility index (Phi) is 3.62. The van der Waals surface area contributed by atoms with Crippen molar-refractivity contribution in [1.29, 1.82) is 0 Å². The van der Waals surface area contributed by atoms with Gasteiger partial charge in [-0.05, 0) is 23.3 Å². The summed E-state index contributed by atoms with van der Waals surface area (Å²) in [7, 11) is 3.21. The molecular formula is C13H15FN2O2. The fourth-order valence-corrected chi connectivity index (χ4v) is 1.80. The summed E-state index contributed by atoms with van der Waals surface area (Å²) < 4.78 is 19.8. The molecular weight excluding hydrogens is 235 g/mol. The Balaban J connectivity index is 2.15. The van der Waals surface area contributed by atoms with Gasteiger partial charge in [0.05, 0.1) is 19.4 Å². The van der Waals surface area contributed by atoms with Crippen LogP contribution in [0.2, 0.25) is 0 Å². The summed E-state index contributed by atoms with van der Waals surface area (Å²) in [5.41, 5.74) is 1.55. The maximum Gasteiger partial charge on any atom is 0.165 e. The predicted octanol–water partition coefficient (Wildman–Crippen LogP) is 1.84. The minimum atomic E-state index is -0.705. The van der Waals surface area contributed by atoms with Gasteiger partial charge in [-0.25, -0.2) is 4.39 Å². The van der Waals surface area contributed by atoms with Crippen LogP contribution in [0.5, 0.6) is 5.75 Å². The monoisotopic (exact) mass is 250 g/mol. The van der Waals surface area contributed by atoms with Gasteiger partial charge in [-0.2, -0.15) is 5.10 Å². The number of ether oxygens (including phenoxy) is 1. The van der Waals surface area contributed by atoms with Crippen molar-refractivity contribution in [2.45, 2.75) is 12.5 Å². The number of aryl methyl sites for hydroxylation is 1. The standard InChI is InChI=1S/C13H15FN2O2/c1-16-8-9(7-15-16)5-12(17)10-3-4-11(14)13(6-10)18-2/h3-4,6-8,12,17H,5H2,1-2H3. The van der Waals surface area contributed by atoms with Gasteiger partial charge in [0, 0.05) is 19.7 Å². The maximum absolute atomic E-state index is 13.2. The van der Waals surface area contributed by atoms with E-state index < -0.39 is 11.9 Å². The van der Waals surface area contributed by atoms with Gasteiger partial charge in [0.15, 0.2) is 11.6 Å². The first-order chi connectivity index (χ1) is 8.60. The highest BCUT2D eigenvalue weighted by molar-refractivity contribution is 5.32. The zero-order valence-electron chi connectivity index (χ0n) is 10.3. The number of nitrogens with zero attached hydrogens (tertiary/aromatic N) is 2. The summed E-state index contributed by atoms with van der Waals surface area (Å²) >= 11 is 0. The summed E-state index contributed by atoms with van der Waals surface area (Å²) in [6.07, 6.45) is 3.26. The zero-order chi connectivity index (χ0) is 13.1. The Hall–Kier alpha value is -1.88. The van der Waals surface area contributed by atoms with Crippen molar-refractivity contribution in [2.24, 2.45) is 7.05 Å². The maximum atomic E-state index is 13.2. The summed E-state index contributed by atoms with van der Waals surface area (Å²) in [5.74, 6) is -0.299. The number of aliphatic hydroxyl groups is 1. The molecule has 1 aromatic carbocycles. The number of aromatic nitrogens is 2. The molecule has 4 nitrogen and oxygen atoms in total. The molecule has 96 valence electrons. The second kappa shape index (κ2) is 5.18. The molecule has 0 aliphatic carbocycles. The summed E-state index contributed by atoms with van der Waals surface area (Å²) in [5, 5.41) is 14.1. The molecule has 1 heterocycles. The average Bonchev–Trinajstić information content (AvgIpc) is 2.75. The highest BCUT2D eigenvalue weighted by Gasteiger charge is 2.12. The van der Waals surface area contributed by atoms with Crippen molar-refractivity contribution >= 4 is 0 Å². The quantitative estimate of drug-likeness (QED) is 0.900. The number of benzene rings is 1. The third kappa shape index (κ3) is 2.68. The van der Waals surface area contributed by atoms with Gasteiger partial charge in [-0.15, -0.1) is 0 Å². The molecule has 0 radical (unpaired) electrons. The van der Waals surface area contributed by atoms with Gasteiger partial charge in [0.25, 0.3) is 0 Å². The number of hydrogen-bond donors (Lipinski definition) is 1. The van der Waals surface area contributed by atoms with Crippen LogP contribution in [0.4, 0.5) is 4.39 Å². The van der Waals surface area contributed by atoms with Crippen LogP contribution in [0, 0.1) is 5.82 Å². The summed E-state index contributed by atoms with van der Waals surface area (Å²) in [6, 6.07) is 4.36. The van der Waals surface area contributed by atoms with Gasteiger partial charge in [0.2, 0.25) is 0 Å². The second-order valence-corrected chi connectivity index (χ2v) is 4.14. The lowest BCUT2D eigenvalue weighted by atomic mass is 10.0. The van der Waals surface area contributed by atoms with Gasteiger partial charge in [-0.3, -0.25) is 4.68 Å². The SMILES string of the molecule is COc1cc(C(O)Cc2cnn(C)c2)ccc1F. The molecule has 5 heteroatoms. The number of hydrogen-bond acceptors (Lipinski definition) is 3. The molecule has 1 N–H and O–H groups in total. The van der Waals surface area contributed by atoms with Crippen LogP contribution in [0.15, 0.2) is 30.6 Å². The van der Waals surface area contributed by atoms with Gasteiger partial charge in [0.1, 0.15) is 0 Å². The number of rotatable bonds is 4. The molecule has 0 saturated carbocycles. The number of halogens is 1. The number of aliphatic hydroxyl groups excluding tert-OH is 1. The molecule has 0 amide bonds. The van der Waals surface area contributed by atoms with Crippen LogP contribution in [-0.4, -0.2) is 22.0 Å². The molecule has 0 saturated heterocycles. The molecule has 0 fully saturated rings. The molecule has 2 rings (SSSR count). The minimum Gasteiger partial charge on any atom is -0.494 e. The lowest BCUT2D eigenvalue weighted by molar-refractivity contribution is 0.178. The molecule has 1 aromatic heterocycles. The molecule has 0 spiro atoms. The molecule has 0 bridgehead atoms. The Morgan fingerprint density at radius 2 is 2.28 bits per heavy atom. The van der Waals surface area contributed by atoms with Crippen molar-refractivity contribution in [3.63, 3.8) is 0 Å². The van der Waals surface area contributed by atoms with Crippen molar-refractivity contribution in [3.8, 4) is 5.75 Å². The van der Waals surface area contributed by atoms with Crippen LogP contribution < -0.4 is 4.74 Å². The van der Waals surface area contributed by atoms with E-state index >= 15 is 0 Å². The van der Waals surface area contributed by atoms with E-state index in [9.17, 15) is 9.50 Å². The first-order valence-electron chi connectivity index (χ1n) is 5.59. The Morgan fingerprint density at radius 1 is 1.50 bits per heavy atom. The van der Waals surface area contributed by atoms with E-state index in [2.05, 4.69) is 5.10 Å². The first kappa shape index (κ1) is 12.6. The van der Waals surface area contributed by atoms with Crippen molar-refractivity contribution in [2.75, 3.05) is 7.11 Å². The third-order valence-electron chi connectivity index (χ3n) is 2.75. The summed E-state index contributed by atoms with van der Waals surface area (Å²) in [6.45, 7) is 0. The highest BCUT2D eigenvalue weighted by atomic mass is 19.1. The Labute approximate surface area is 105 Å². The van der Waals surface area contributed by atoms with E-state index in [4.69, 9.17) is 4.74 Å². The molecule has 2 aromatic rings. The van der Waals surface area contributed by atoms with Gasteiger partial charge >= 0.3 is 0 Å². The fraction of sp³-hybridized carbons (Fsp3) is 0.308. The zero-order valence-corrected chi connectivity index (χ0v) is 10.3. The van der Waals surface area contributed by atoms with Crippen LogP contribution >= 0.6 is 0 Å². The van der Waals surface area contributed by atoms with Crippen LogP contribution in [0.25, 0.3) is 0 Å². The van der Waals surface area contributed by atoms with Crippen molar-refractivity contribution < 1.29 is 14.2 Å². The predicted molar refractivity (Wildman–Crippen MR) is 64.8 cm³/mol. The normalized spacial score (nSPS) is 12.4. The van der Waals surface area contributed by atoms with Crippen LogP contribution in [0.3, 0.4) is 0 Å². The lowest BCUT2D eigenvalue weighted by Gasteiger charge is -2.11. The average molecular weight is 250 g/mol. The minimum absolute atomic E-state index is 0.137. The molecule has 1 unspecified atom stereocenters. The van der Waals surface area contributed by atoms with E-state index in [1.807, 2.05) is 13.2 Å². The third-order valence-corrected chi connectivity index (χ3v) is 2.75. The van der Waals surface area contributed by atoms with E-state index in [-0.39, 0.29) is 5.75 Å². The number of methoxy groups -OCH3 is 1. The second-order valence-electron chi connectivity index (χ2n) is 4.14. The summed E-state index contributed by atoms with van der Waals surface area (Å²) in [4.78, 5) is 0. The largest absolute Gasteiger partial charge is 0.494 e. The smallest absolute Gasteiger partial charge is 0.165 e. The van der Waals surface area contributed by atoms with Crippen molar-refractivity contribution in [3.05, 3.63) is 47.5 Å². The molecule has 18 heavy (non-hydrogen) atoms. The molecule has 1 atom stereocenters. The molecule has 0 aliphatic rings. The topological polar surface area (TPSA) is 47.3 Å². The van der Waals surface area contributed by atoms with Gasteiger partial charge in [-0.1, -0.05) is 6.07 Å². The van der Waals surface area contributed by atoms with Crippen LogP contribution in [0.1, 0.15) is 17.2 Å². The first-order valence-corrected chi connectivity index (χ1v) is 5.59. The Bertz CT molecular complexity index is 540. The van der Waals surface area contributed by atoms with E-state index in [0.717, 1.165) is 5.56 Å². The van der Waals surface area contributed by atoms with E-state index in [1.165, 1.54) is 19.2 Å². The van der Waals surface area contributed by atoms with Crippen LogP contribution in [-0.2, 0) is 13.5 Å². The van der Waals surface area contributed by atoms with Gasteiger partial charge < -0.3 is 9.84 Å². The van der Waals surface area contributed by atoms with E-state index in [0.29, 0.717) is 12.0 Å². The Morgan fingerprint density at radius 3 is 2.89 bits per heavy atom. The molecule has 0 aliphatic heterocycles. The van der Waals surface area contributed by atoms with E-state index in [1.54, 1.807) is 16.9 Å². The van der Waals surface area contributed by atoms with Crippen molar-refractivity contribution in [1.82, 2.24) is 9.78 Å².